The lowest BCUT2D eigenvalue weighted by atomic mass is 9.92. The Morgan fingerprint density at radius 1 is 1.00 bits per heavy atom. The van der Waals surface area contributed by atoms with Crippen LogP contribution in [0.1, 0.15) is 25.0 Å². The van der Waals surface area contributed by atoms with Gasteiger partial charge in [-0.25, -0.2) is 17.2 Å². The Kier molecular flexibility index (Phi) is 4.23. The fourth-order valence-electron chi connectivity index (χ4n) is 2.75. The van der Waals surface area contributed by atoms with Gasteiger partial charge in [-0.15, -0.1) is 0 Å². The first kappa shape index (κ1) is 18.3. The van der Waals surface area contributed by atoms with Crippen molar-refractivity contribution in [2.75, 3.05) is 6.26 Å². The highest BCUT2D eigenvalue weighted by Crippen LogP contribution is 2.42. The number of hydrogen-bond donors (Lipinski definition) is 0. The summed E-state index contributed by atoms with van der Waals surface area (Å²) in [6.45, 7) is 3.06. The monoisotopic (exact) mass is 378 g/mol. The standard InChI is InChI=1S/C19H16F2O4S/c1-19(2)18(22)16(14-10-12(20)6-9-15(14)21)17(25-19)11-4-7-13(8-5-11)26(3,23)24/h4-10H,1-3H3. The number of rotatable bonds is 3. The van der Waals surface area contributed by atoms with Gasteiger partial charge in [0.1, 0.15) is 17.4 Å². The molecule has 4 nitrogen and oxygen atoms in total. The number of carbonyl (C=O) groups is 1. The molecule has 3 rings (SSSR count). The zero-order valence-electron chi connectivity index (χ0n) is 14.3. The van der Waals surface area contributed by atoms with E-state index in [2.05, 4.69) is 0 Å². The molecule has 7 heteroatoms. The van der Waals surface area contributed by atoms with Crippen molar-refractivity contribution in [3.8, 4) is 0 Å². The number of carbonyl (C=O) groups excluding carboxylic acids is 1. The maximum absolute atomic E-state index is 14.3. The smallest absolute Gasteiger partial charge is 0.210 e. The second-order valence-corrected chi connectivity index (χ2v) is 8.58. The van der Waals surface area contributed by atoms with Crippen LogP contribution < -0.4 is 0 Å². The highest BCUT2D eigenvalue weighted by molar-refractivity contribution is 7.90. The van der Waals surface area contributed by atoms with Gasteiger partial charge in [0, 0.05) is 17.4 Å². The van der Waals surface area contributed by atoms with Gasteiger partial charge in [-0.2, -0.15) is 0 Å². The van der Waals surface area contributed by atoms with Crippen LogP contribution in [0.2, 0.25) is 0 Å². The van der Waals surface area contributed by atoms with Crippen molar-refractivity contribution in [2.24, 2.45) is 0 Å². The first-order valence-corrected chi connectivity index (χ1v) is 9.64. The molecule has 0 atom stereocenters. The van der Waals surface area contributed by atoms with E-state index in [4.69, 9.17) is 4.74 Å². The Morgan fingerprint density at radius 3 is 2.19 bits per heavy atom. The van der Waals surface area contributed by atoms with E-state index >= 15 is 0 Å². The molecule has 1 aliphatic rings. The molecular formula is C19H16F2O4S. The lowest BCUT2D eigenvalue weighted by Gasteiger charge is -2.17. The first-order valence-electron chi connectivity index (χ1n) is 7.75. The highest BCUT2D eigenvalue weighted by atomic mass is 32.2. The molecule has 0 amide bonds. The molecule has 26 heavy (non-hydrogen) atoms. The summed E-state index contributed by atoms with van der Waals surface area (Å²) >= 11 is 0. The van der Waals surface area contributed by atoms with Gasteiger partial charge in [0.05, 0.1) is 10.5 Å². The predicted molar refractivity (Wildman–Crippen MR) is 92.9 cm³/mol. The zero-order valence-corrected chi connectivity index (χ0v) is 15.2. The molecule has 0 aliphatic carbocycles. The average molecular weight is 378 g/mol. The Hall–Kier alpha value is -2.54. The van der Waals surface area contributed by atoms with Gasteiger partial charge in [0.25, 0.3) is 0 Å². The minimum Gasteiger partial charge on any atom is -0.478 e. The Balaban J connectivity index is 2.22. The van der Waals surface area contributed by atoms with Crippen molar-refractivity contribution in [1.82, 2.24) is 0 Å². The summed E-state index contributed by atoms with van der Waals surface area (Å²) in [5.41, 5.74) is -1.12. The van der Waals surface area contributed by atoms with Crippen LogP contribution in [-0.4, -0.2) is 26.1 Å². The van der Waals surface area contributed by atoms with E-state index < -0.39 is 32.9 Å². The van der Waals surface area contributed by atoms with Crippen LogP contribution in [0.15, 0.2) is 47.4 Å². The van der Waals surface area contributed by atoms with E-state index in [1.165, 1.54) is 38.1 Å². The van der Waals surface area contributed by atoms with Crippen molar-refractivity contribution in [1.29, 1.82) is 0 Å². The molecule has 2 aromatic rings. The summed E-state index contributed by atoms with van der Waals surface area (Å²) in [6, 6.07) is 8.53. The molecule has 0 saturated carbocycles. The number of ketones is 1. The van der Waals surface area contributed by atoms with E-state index in [0.29, 0.717) is 5.56 Å². The topological polar surface area (TPSA) is 60.4 Å². The average Bonchev–Trinajstić information content (AvgIpc) is 2.79. The molecule has 1 aliphatic heterocycles. The summed E-state index contributed by atoms with van der Waals surface area (Å²) in [4.78, 5) is 12.8. The number of benzene rings is 2. The molecular weight excluding hydrogens is 362 g/mol. The van der Waals surface area contributed by atoms with Crippen LogP contribution in [0.3, 0.4) is 0 Å². The maximum Gasteiger partial charge on any atom is 0.210 e. The van der Waals surface area contributed by atoms with Gasteiger partial charge in [-0.05, 0) is 56.3 Å². The van der Waals surface area contributed by atoms with Crippen LogP contribution >= 0.6 is 0 Å². The van der Waals surface area contributed by atoms with Gasteiger partial charge in [-0.3, -0.25) is 4.79 Å². The number of ether oxygens (including phenoxy) is 1. The zero-order chi connectivity index (χ0) is 19.3. The minimum absolute atomic E-state index is 0.0703. The van der Waals surface area contributed by atoms with E-state index in [0.717, 1.165) is 24.5 Å². The maximum atomic E-state index is 14.3. The lowest BCUT2D eigenvalue weighted by Crippen LogP contribution is -2.29. The quantitative estimate of drug-likeness (QED) is 0.819. The van der Waals surface area contributed by atoms with Crippen molar-refractivity contribution >= 4 is 27.0 Å². The fourth-order valence-corrected chi connectivity index (χ4v) is 3.38. The van der Waals surface area contributed by atoms with Crippen molar-refractivity contribution in [2.45, 2.75) is 24.3 Å². The molecule has 136 valence electrons. The first-order chi connectivity index (χ1) is 12.0. The summed E-state index contributed by atoms with van der Waals surface area (Å²) in [6.07, 6.45) is 1.08. The third-order valence-electron chi connectivity index (χ3n) is 4.10. The highest BCUT2D eigenvalue weighted by Gasteiger charge is 2.43. The molecule has 0 spiro atoms. The van der Waals surface area contributed by atoms with Crippen LogP contribution in [0.25, 0.3) is 11.3 Å². The third-order valence-corrected chi connectivity index (χ3v) is 5.23. The van der Waals surface area contributed by atoms with Crippen molar-refractivity contribution in [3.63, 3.8) is 0 Å². The van der Waals surface area contributed by atoms with E-state index in [1.54, 1.807) is 0 Å². The molecule has 0 radical (unpaired) electrons. The summed E-state index contributed by atoms with van der Waals surface area (Å²) in [5.74, 6) is -1.83. The van der Waals surface area contributed by atoms with Gasteiger partial charge in [0.15, 0.2) is 15.4 Å². The molecule has 0 N–H and O–H groups in total. The van der Waals surface area contributed by atoms with Gasteiger partial charge >= 0.3 is 0 Å². The molecule has 0 fully saturated rings. The van der Waals surface area contributed by atoms with Crippen LogP contribution in [0.5, 0.6) is 0 Å². The SMILES string of the molecule is CC1(C)OC(c2ccc(S(C)(=O)=O)cc2)=C(c2cc(F)ccc2F)C1=O. The normalized spacial score (nSPS) is 16.7. The number of halogens is 2. The molecule has 0 bridgehead atoms. The van der Waals surface area contributed by atoms with Gasteiger partial charge < -0.3 is 4.74 Å². The number of hydrogen-bond acceptors (Lipinski definition) is 4. The summed E-state index contributed by atoms with van der Waals surface area (Å²) in [5, 5.41) is 0. The summed E-state index contributed by atoms with van der Waals surface area (Å²) in [7, 11) is -3.39. The Morgan fingerprint density at radius 2 is 1.62 bits per heavy atom. The van der Waals surface area contributed by atoms with E-state index in [1.807, 2.05) is 0 Å². The van der Waals surface area contributed by atoms with Gasteiger partial charge in [-0.1, -0.05) is 0 Å². The van der Waals surface area contributed by atoms with Gasteiger partial charge in [0.2, 0.25) is 5.78 Å². The molecule has 2 aromatic carbocycles. The van der Waals surface area contributed by atoms with Crippen LogP contribution in [-0.2, 0) is 19.4 Å². The minimum atomic E-state index is -3.39. The van der Waals surface area contributed by atoms with E-state index in [-0.39, 0.29) is 21.8 Å². The molecule has 0 unspecified atom stereocenters. The Labute approximate surface area is 150 Å². The fraction of sp³-hybridized carbons (Fsp3) is 0.211. The van der Waals surface area contributed by atoms with Crippen LogP contribution in [0.4, 0.5) is 8.78 Å². The predicted octanol–water partition coefficient (Wildman–Crippen LogP) is 3.61. The number of sulfone groups is 1. The second-order valence-electron chi connectivity index (χ2n) is 6.57. The largest absolute Gasteiger partial charge is 0.478 e. The van der Waals surface area contributed by atoms with Crippen LogP contribution in [0, 0.1) is 11.6 Å². The second kappa shape index (κ2) is 6.02. The Bertz CT molecular complexity index is 1040. The lowest BCUT2D eigenvalue weighted by molar-refractivity contribution is -0.125. The third kappa shape index (κ3) is 3.14. The number of Topliss-reactive ketones (excluding diaryl/α,β-unsaturated/α-hetero) is 1. The molecule has 0 aromatic heterocycles. The van der Waals surface area contributed by atoms with Crippen molar-refractivity contribution in [3.05, 3.63) is 65.2 Å². The van der Waals surface area contributed by atoms with E-state index in [9.17, 15) is 22.0 Å². The molecule has 1 heterocycles. The molecule has 0 saturated heterocycles. The summed E-state index contributed by atoms with van der Waals surface area (Å²) < 4.78 is 56.8. The van der Waals surface area contributed by atoms with Crippen molar-refractivity contribution < 1.29 is 26.7 Å².